The molecular formula is C8H11FN2. The summed E-state index contributed by atoms with van der Waals surface area (Å²) in [7, 11) is 0. The first-order valence-corrected chi connectivity index (χ1v) is 3.48. The Morgan fingerprint density at radius 2 is 1.91 bits per heavy atom. The first-order chi connectivity index (χ1) is 5.33. The lowest BCUT2D eigenvalue weighted by Gasteiger charge is -2.02. The lowest BCUT2D eigenvalue weighted by atomic mass is 10.3. The molecule has 0 saturated carbocycles. The maximum absolute atomic E-state index is 11.7. The fraction of sp³-hybridized carbons (Fsp3) is 0.250. The van der Waals surface area contributed by atoms with E-state index < -0.39 is 0 Å². The van der Waals surface area contributed by atoms with E-state index in [1.807, 2.05) is 12.1 Å². The SMILES string of the molecule is Nc1ccc(NCCF)cc1. The monoisotopic (exact) mass is 154 g/mol. The predicted octanol–water partition coefficient (Wildman–Crippen LogP) is 1.65. The van der Waals surface area contributed by atoms with Crippen molar-refractivity contribution in [2.75, 3.05) is 24.3 Å². The van der Waals surface area contributed by atoms with E-state index in [0.29, 0.717) is 6.54 Å². The quantitative estimate of drug-likeness (QED) is 0.649. The summed E-state index contributed by atoms with van der Waals surface area (Å²) in [6.07, 6.45) is 0. The summed E-state index contributed by atoms with van der Waals surface area (Å²) in [6.45, 7) is -0.00566. The van der Waals surface area contributed by atoms with E-state index in [4.69, 9.17) is 5.73 Å². The number of halogens is 1. The van der Waals surface area contributed by atoms with Crippen LogP contribution in [0.2, 0.25) is 0 Å². The third-order valence-corrected chi connectivity index (χ3v) is 1.33. The van der Waals surface area contributed by atoms with Crippen molar-refractivity contribution < 1.29 is 4.39 Å². The van der Waals surface area contributed by atoms with Gasteiger partial charge in [-0.25, -0.2) is 4.39 Å². The van der Waals surface area contributed by atoms with Gasteiger partial charge in [-0.1, -0.05) is 0 Å². The summed E-state index contributed by atoms with van der Waals surface area (Å²) in [4.78, 5) is 0. The van der Waals surface area contributed by atoms with Crippen LogP contribution >= 0.6 is 0 Å². The molecule has 3 N–H and O–H groups in total. The molecular weight excluding hydrogens is 143 g/mol. The number of hydrogen-bond acceptors (Lipinski definition) is 2. The standard InChI is InChI=1S/C8H11FN2/c9-5-6-11-8-3-1-7(10)2-4-8/h1-4,11H,5-6,10H2. The van der Waals surface area contributed by atoms with Gasteiger partial charge in [-0.3, -0.25) is 0 Å². The van der Waals surface area contributed by atoms with Gasteiger partial charge in [-0.2, -0.15) is 0 Å². The number of rotatable bonds is 3. The molecule has 3 heteroatoms. The molecule has 0 aliphatic rings. The molecule has 0 bridgehead atoms. The minimum Gasteiger partial charge on any atom is -0.399 e. The lowest BCUT2D eigenvalue weighted by Crippen LogP contribution is -2.02. The van der Waals surface area contributed by atoms with Gasteiger partial charge in [-0.15, -0.1) is 0 Å². The number of anilines is 2. The van der Waals surface area contributed by atoms with Crippen molar-refractivity contribution in [2.24, 2.45) is 0 Å². The van der Waals surface area contributed by atoms with E-state index in [0.717, 1.165) is 11.4 Å². The third kappa shape index (κ3) is 2.45. The summed E-state index contributed by atoms with van der Waals surface area (Å²) in [5.41, 5.74) is 7.07. The molecule has 0 spiro atoms. The molecule has 60 valence electrons. The average Bonchev–Trinajstić information content (AvgIpc) is 2.04. The van der Waals surface area contributed by atoms with Crippen LogP contribution in [0.15, 0.2) is 24.3 Å². The number of hydrogen-bond donors (Lipinski definition) is 2. The Hall–Kier alpha value is -1.25. The van der Waals surface area contributed by atoms with Gasteiger partial charge in [0.25, 0.3) is 0 Å². The van der Waals surface area contributed by atoms with E-state index in [9.17, 15) is 4.39 Å². The number of alkyl halides is 1. The summed E-state index contributed by atoms with van der Waals surface area (Å²) >= 11 is 0. The highest BCUT2D eigenvalue weighted by Crippen LogP contribution is 2.09. The van der Waals surface area contributed by atoms with Crippen molar-refractivity contribution in [1.82, 2.24) is 0 Å². The van der Waals surface area contributed by atoms with Gasteiger partial charge in [0.1, 0.15) is 6.67 Å². The normalized spacial score (nSPS) is 9.55. The molecule has 1 aromatic carbocycles. The molecule has 1 aromatic rings. The maximum atomic E-state index is 11.7. The molecule has 0 aromatic heterocycles. The lowest BCUT2D eigenvalue weighted by molar-refractivity contribution is 0.513. The van der Waals surface area contributed by atoms with Crippen molar-refractivity contribution in [3.8, 4) is 0 Å². The van der Waals surface area contributed by atoms with Crippen LogP contribution in [0.1, 0.15) is 0 Å². The molecule has 0 saturated heterocycles. The molecule has 2 nitrogen and oxygen atoms in total. The fourth-order valence-electron chi connectivity index (χ4n) is 0.793. The van der Waals surface area contributed by atoms with Crippen molar-refractivity contribution in [2.45, 2.75) is 0 Å². The molecule has 0 aliphatic carbocycles. The van der Waals surface area contributed by atoms with Crippen molar-refractivity contribution in [3.63, 3.8) is 0 Å². The Bertz CT molecular complexity index is 208. The number of benzene rings is 1. The van der Waals surface area contributed by atoms with E-state index in [2.05, 4.69) is 5.32 Å². The highest BCUT2D eigenvalue weighted by Gasteiger charge is 1.88. The molecule has 0 amide bonds. The van der Waals surface area contributed by atoms with Gasteiger partial charge in [0.05, 0.1) is 0 Å². The van der Waals surface area contributed by atoms with Crippen LogP contribution in [-0.2, 0) is 0 Å². The van der Waals surface area contributed by atoms with Crippen molar-refractivity contribution >= 4 is 11.4 Å². The zero-order valence-electron chi connectivity index (χ0n) is 6.18. The smallest absolute Gasteiger partial charge is 0.107 e. The first-order valence-electron chi connectivity index (χ1n) is 3.48. The Balaban J connectivity index is 2.52. The molecule has 0 atom stereocenters. The maximum Gasteiger partial charge on any atom is 0.107 e. The summed E-state index contributed by atoms with van der Waals surface area (Å²) in [5, 5.41) is 2.89. The number of nitrogen functional groups attached to an aromatic ring is 1. The van der Waals surface area contributed by atoms with E-state index in [-0.39, 0.29) is 6.67 Å². The van der Waals surface area contributed by atoms with Gasteiger partial charge >= 0.3 is 0 Å². The molecule has 1 rings (SSSR count). The first kappa shape index (κ1) is 7.85. The topological polar surface area (TPSA) is 38.0 Å². The van der Waals surface area contributed by atoms with Gasteiger partial charge in [0.15, 0.2) is 0 Å². The van der Waals surface area contributed by atoms with Gasteiger partial charge in [0, 0.05) is 17.9 Å². The Morgan fingerprint density at radius 3 is 2.45 bits per heavy atom. The molecule has 0 aliphatic heterocycles. The Labute approximate surface area is 65.2 Å². The highest BCUT2D eigenvalue weighted by atomic mass is 19.1. The largest absolute Gasteiger partial charge is 0.399 e. The molecule has 0 unspecified atom stereocenters. The van der Waals surface area contributed by atoms with E-state index in [1.54, 1.807) is 12.1 Å². The summed E-state index contributed by atoms with van der Waals surface area (Å²) in [6, 6.07) is 7.21. The van der Waals surface area contributed by atoms with Crippen LogP contribution in [0.4, 0.5) is 15.8 Å². The van der Waals surface area contributed by atoms with Crippen LogP contribution in [-0.4, -0.2) is 13.2 Å². The van der Waals surface area contributed by atoms with Crippen LogP contribution in [0.5, 0.6) is 0 Å². The Kier molecular flexibility index (Phi) is 2.72. The minimum atomic E-state index is -0.357. The minimum absolute atomic E-state index is 0.351. The van der Waals surface area contributed by atoms with E-state index in [1.165, 1.54) is 0 Å². The highest BCUT2D eigenvalue weighted by molar-refractivity contribution is 5.51. The third-order valence-electron chi connectivity index (χ3n) is 1.33. The van der Waals surface area contributed by atoms with Gasteiger partial charge in [0.2, 0.25) is 0 Å². The van der Waals surface area contributed by atoms with Gasteiger partial charge < -0.3 is 11.1 Å². The molecule has 0 radical (unpaired) electrons. The molecule has 0 heterocycles. The summed E-state index contributed by atoms with van der Waals surface area (Å²) < 4.78 is 11.7. The van der Waals surface area contributed by atoms with Crippen LogP contribution in [0.25, 0.3) is 0 Å². The van der Waals surface area contributed by atoms with E-state index >= 15 is 0 Å². The van der Waals surface area contributed by atoms with Crippen LogP contribution in [0.3, 0.4) is 0 Å². The van der Waals surface area contributed by atoms with Crippen LogP contribution in [0, 0.1) is 0 Å². The fourth-order valence-corrected chi connectivity index (χ4v) is 0.793. The second-order valence-electron chi connectivity index (χ2n) is 2.24. The zero-order chi connectivity index (χ0) is 8.10. The van der Waals surface area contributed by atoms with Crippen LogP contribution < -0.4 is 11.1 Å². The number of nitrogens with two attached hydrogens (primary N) is 1. The molecule has 0 fully saturated rings. The number of nitrogens with one attached hydrogen (secondary N) is 1. The molecule has 11 heavy (non-hydrogen) atoms. The predicted molar refractivity (Wildman–Crippen MR) is 45.3 cm³/mol. The summed E-state index contributed by atoms with van der Waals surface area (Å²) in [5.74, 6) is 0. The van der Waals surface area contributed by atoms with Crippen molar-refractivity contribution in [3.05, 3.63) is 24.3 Å². The average molecular weight is 154 g/mol. The second kappa shape index (κ2) is 3.81. The second-order valence-corrected chi connectivity index (χ2v) is 2.24. The Morgan fingerprint density at radius 1 is 1.27 bits per heavy atom. The van der Waals surface area contributed by atoms with Gasteiger partial charge in [-0.05, 0) is 24.3 Å². The zero-order valence-corrected chi connectivity index (χ0v) is 6.18. The van der Waals surface area contributed by atoms with Crippen molar-refractivity contribution in [1.29, 1.82) is 0 Å².